The zero-order valence-corrected chi connectivity index (χ0v) is 15.3. The Morgan fingerprint density at radius 2 is 1.41 bits per heavy atom. The Bertz CT molecular complexity index is 1030. The largest absolute Gasteiger partial charge is 0.378 e. The van der Waals surface area contributed by atoms with Gasteiger partial charge in [-0.3, -0.25) is 0 Å². The van der Waals surface area contributed by atoms with E-state index < -0.39 is 0 Å². The van der Waals surface area contributed by atoms with Crippen LogP contribution in [-0.2, 0) is 0 Å². The first kappa shape index (κ1) is 17.0. The molecule has 0 aliphatic carbocycles. The van der Waals surface area contributed by atoms with Crippen molar-refractivity contribution in [2.24, 2.45) is 0 Å². The van der Waals surface area contributed by atoms with Crippen LogP contribution in [0.2, 0.25) is 0 Å². The SMILES string of the molecule is CN(C)c1ccc(-c2cc(-c3ccc(F)cc3)nn2-c2ccccc2)cc1. The summed E-state index contributed by atoms with van der Waals surface area (Å²) in [5, 5.41) is 4.80. The molecule has 0 bridgehead atoms. The van der Waals surface area contributed by atoms with E-state index in [0.717, 1.165) is 33.9 Å². The van der Waals surface area contributed by atoms with Crippen molar-refractivity contribution in [1.82, 2.24) is 9.78 Å². The highest BCUT2D eigenvalue weighted by Crippen LogP contribution is 2.30. The quantitative estimate of drug-likeness (QED) is 0.487. The highest BCUT2D eigenvalue weighted by molar-refractivity contribution is 5.71. The Labute approximate surface area is 158 Å². The summed E-state index contributed by atoms with van der Waals surface area (Å²) >= 11 is 0. The van der Waals surface area contributed by atoms with E-state index in [-0.39, 0.29) is 5.82 Å². The van der Waals surface area contributed by atoms with Crippen molar-refractivity contribution in [3.63, 3.8) is 0 Å². The van der Waals surface area contributed by atoms with Crippen molar-refractivity contribution in [1.29, 1.82) is 0 Å². The molecule has 0 N–H and O–H groups in total. The minimum atomic E-state index is -0.249. The fourth-order valence-corrected chi connectivity index (χ4v) is 3.04. The molecule has 1 heterocycles. The standard InChI is InChI=1S/C23H20FN3/c1-26(2)20-14-10-18(11-15-20)23-16-22(17-8-12-19(24)13-9-17)25-27(23)21-6-4-3-5-7-21/h3-16H,1-2H3. The van der Waals surface area contributed by atoms with Gasteiger partial charge in [0.2, 0.25) is 0 Å². The van der Waals surface area contributed by atoms with E-state index in [1.807, 2.05) is 55.2 Å². The van der Waals surface area contributed by atoms with Crippen molar-refractivity contribution in [2.75, 3.05) is 19.0 Å². The lowest BCUT2D eigenvalue weighted by Crippen LogP contribution is -2.08. The van der Waals surface area contributed by atoms with Crippen molar-refractivity contribution >= 4 is 5.69 Å². The van der Waals surface area contributed by atoms with Crippen molar-refractivity contribution in [3.05, 3.63) is 90.7 Å². The van der Waals surface area contributed by atoms with E-state index in [9.17, 15) is 4.39 Å². The van der Waals surface area contributed by atoms with Crippen LogP contribution in [-0.4, -0.2) is 23.9 Å². The summed E-state index contributed by atoms with van der Waals surface area (Å²) in [6.07, 6.45) is 0. The summed E-state index contributed by atoms with van der Waals surface area (Å²) in [5.74, 6) is -0.249. The van der Waals surface area contributed by atoms with E-state index in [4.69, 9.17) is 5.10 Å². The molecular weight excluding hydrogens is 337 g/mol. The van der Waals surface area contributed by atoms with E-state index in [0.29, 0.717) is 0 Å². The predicted molar refractivity (Wildman–Crippen MR) is 109 cm³/mol. The Hall–Kier alpha value is -3.40. The number of nitrogens with zero attached hydrogens (tertiary/aromatic N) is 3. The smallest absolute Gasteiger partial charge is 0.123 e. The Morgan fingerprint density at radius 3 is 2.04 bits per heavy atom. The minimum Gasteiger partial charge on any atom is -0.378 e. The number of anilines is 1. The first-order chi connectivity index (χ1) is 13.1. The first-order valence-electron chi connectivity index (χ1n) is 8.81. The average molecular weight is 357 g/mol. The molecule has 1 aromatic heterocycles. The number of hydrogen-bond donors (Lipinski definition) is 0. The van der Waals surface area contributed by atoms with E-state index in [2.05, 4.69) is 29.2 Å². The third-order valence-electron chi connectivity index (χ3n) is 4.53. The maximum absolute atomic E-state index is 13.3. The Balaban J connectivity index is 1.84. The molecule has 0 radical (unpaired) electrons. The molecule has 134 valence electrons. The Kier molecular flexibility index (Phi) is 4.47. The molecular formula is C23H20FN3. The normalized spacial score (nSPS) is 10.8. The second-order valence-electron chi connectivity index (χ2n) is 6.61. The summed E-state index contributed by atoms with van der Waals surface area (Å²) in [4.78, 5) is 2.07. The zero-order chi connectivity index (χ0) is 18.8. The van der Waals surface area contributed by atoms with Crippen molar-refractivity contribution in [2.45, 2.75) is 0 Å². The van der Waals surface area contributed by atoms with Gasteiger partial charge in [0.1, 0.15) is 5.82 Å². The molecule has 3 aromatic carbocycles. The summed E-state index contributed by atoms with van der Waals surface area (Å²) < 4.78 is 15.2. The van der Waals surface area contributed by atoms with E-state index in [1.165, 1.54) is 12.1 Å². The summed E-state index contributed by atoms with van der Waals surface area (Å²) in [6, 6.07) is 26.9. The lowest BCUT2D eigenvalue weighted by molar-refractivity contribution is 0.628. The molecule has 0 unspecified atom stereocenters. The third kappa shape index (κ3) is 3.47. The number of benzene rings is 3. The van der Waals surface area contributed by atoms with Gasteiger partial charge in [0.05, 0.1) is 17.1 Å². The lowest BCUT2D eigenvalue weighted by atomic mass is 10.1. The molecule has 0 saturated carbocycles. The number of aromatic nitrogens is 2. The second kappa shape index (κ2) is 7.08. The fourth-order valence-electron chi connectivity index (χ4n) is 3.04. The van der Waals surface area contributed by atoms with Gasteiger partial charge >= 0.3 is 0 Å². The highest BCUT2D eigenvalue weighted by atomic mass is 19.1. The minimum absolute atomic E-state index is 0.249. The van der Waals surface area contributed by atoms with Gasteiger partial charge < -0.3 is 4.90 Å². The van der Waals surface area contributed by atoms with Gasteiger partial charge in [-0.1, -0.05) is 30.3 Å². The molecule has 0 saturated heterocycles. The highest BCUT2D eigenvalue weighted by Gasteiger charge is 2.13. The van der Waals surface area contributed by atoms with Gasteiger partial charge in [-0.05, 0) is 54.6 Å². The number of rotatable bonds is 4. The van der Waals surface area contributed by atoms with Crippen LogP contribution < -0.4 is 4.90 Å². The topological polar surface area (TPSA) is 21.1 Å². The number of hydrogen-bond acceptors (Lipinski definition) is 2. The Morgan fingerprint density at radius 1 is 0.778 bits per heavy atom. The summed E-state index contributed by atoms with van der Waals surface area (Å²) in [7, 11) is 4.05. The molecule has 0 atom stereocenters. The fraction of sp³-hybridized carbons (Fsp3) is 0.0870. The lowest BCUT2D eigenvalue weighted by Gasteiger charge is -2.13. The van der Waals surface area contributed by atoms with Crippen molar-refractivity contribution < 1.29 is 4.39 Å². The third-order valence-corrected chi connectivity index (χ3v) is 4.53. The van der Waals surface area contributed by atoms with Gasteiger partial charge in [0.25, 0.3) is 0 Å². The predicted octanol–water partition coefficient (Wildman–Crippen LogP) is 5.41. The number of para-hydroxylation sites is 1. The maximum atomic E-state index is 13.3. The van der Waals surface area contributed by atoms with Crippen LogP contribution in [0.1, 0.15) is 0 Å². The summed E-state index contributed by atoms with van der Waals surface area (Å²) in [6.45, 7) is 0. The van der Waals surface area contributed by atoms with Crippen LogP contribution in [0.4, 0.5) is 10.1 Å². The van der Waals surface area contributed by atoms with Crippen LogP contribution in [0.15, 0.2) is 84.9 Å². The van der Waals surface area contributed by atoms with Crippen LogP contribution in [0.25, 0.3) is 28.2 Å². The average Bonchev–Trinajstić information content (AvgIpc) is 3.15. The molecule has 4 heteroatoms. The molecule has 4 rings (SSSR count). The van der Waals surface area contributed by atoms with Gasteiger partial charge in [-0.25, -0.2) is 9.07 Å². The number of halogens is 1. The second-order valence-corrected chi connectivity index (χ2v) is 6.61. The van der Waals surface area contributed by atoms with E-state index in [1.54, 1.807) is 12.1 Å². The monoisotopic (exact) mass is 357 g/mol. The molecule has 4 aromatic rings. The maximum Gasteiger partial charge on any atom is 0.123 e. The van der Waals surface area contributed by atoms with Crippen LogP contribution in [0.3, 0.4) is 0 Å². The first-order valence-corrected chi connectivity index (χ1v) is 8.81. The molecule has 0 spiro atoms. The van der Waals surface area contributed by atoms with E-state index >= 15 is 0 Å². The summed E-state index contributed by atoms with van der Waals surface area (Å²) in [5.41, 5.74) is 5.89. The van der Waals surface area contributed by atoms with Gasteiger partial charge in [-0.15, -0.1) is 0 Å². The van der Waals surface area contributed by atoms with Crippen LogP contribution in [0.5, 0.6) is 0 Å². The molecule has 0 fully saturated rings. The van der Waals surface area contributed by atoms with Gasteiger partial charge in [-0.2, -0.15) is 5.10 Å². The van der Waals surface area contributed by atoms with Crippen LogP contribution in [0, 0.1) is 5.82 Å². The van der Waals surface area contributed by atoms with Gasteiger partial charge in [0, 0.05) is 30.9 Å². The molecule has 0 amide bonds. The van der Waals surface area contributed by atoms with Crippen LogP contribution >= 0.6 is 0 Å². The zero-order valence-electron chi connectivity index (χ0n) is 15.3. The van der Waals surface area contributed by atoms with Crippen molar-refractivity contribution in [3.8, 4) is 28.2 Å². The van der Waals surface area contributed by atoms with Gasteiger partial charge in [0.15, 0.2) is 0 Å². The molecule has 0 aliphatic rings. The molecule has 3 nitrogen and oxygen atoms in total. The molecule has 27 heavy (non-hydrogen) atoms. The molecule has 0 aliphatic heterocycles.